The van der Waals surface area contributed by atoms with Crippen molar-refractivity contribution in [2.24, 2.45) is 9.98 Å². The zero-order valence-corrected chi connectivity index (χ0v) is 17.9. The lowest BCUT2D eigenvalue weighted by Gasteiger charge is -2.13. The summed E-state index contributed by atoms with van der Waals surface area (Å²) in [7, 11) is 0. The van der Waals surface area contributed by atoms with E-state index in [1.807, 2.05) is 18.2 Å². The third kappa shape index (κ3) is 2.99. The molecule has 0 spiro atoms. The fourth-order valence-corrected chi connectivity index (χ4v) is 5.41. The topological polar surface area (TPSA) is 63.4 Å². The van der Waals surface area contributed by atoms with Gasteiger partial charge >= 0.3 is 0 Å². The molecule has 162 valence electrons. The van der Waals surface area contributed by atoms with E-state index >= 15 is 0 Å². The SMILES string of the molecule is Oc1ccc(C=C(C2=N[C@@H]3c4ccccc4C[C@@H]3O2)C2=N[C@@H]3c4ccccc4C[C@@H]3O2)cc1. The van der Waals surface area contributed by atoms with Gasteiger partial charge in [0, 0.05) is 12.8 Å². The number of phenolic OH excluding ortho intramolecular Hbond substituents is 1. The van der Waals surface area contributed by atoms with Crippen LogP contribution < -0.4 is 0 Å². The van der Waals surface area contributed by atoms with E-state index in [0.717, 1.165) is 24.0 Å². The Morgan fingerprint density at radius 1 is 0.727 bits per heavy atom. The second-order valence-electron chi connectivity index (χ2n) is 9.03. The fraction of sp³-hybridized carbons (Fsp3) is 0.214. The van der Waals surface area contributed by atoms with E-state index in [1.54, 1.807) is 12.1 Å². The first-order chi connectivity index (χ1) is 16.2. The van der Waals surface area contributed by atoms with Crippen molar-refractivity contribution in [2.45, 2.75) is 37.1 Å². The molecule has 4 atom stereocenters. The summed E-state index contributed by atoms with van der Waals surface area (Å²) >= 11 is 0. The van der Waals surface area contributed by atoms with E-state index in [-0.39, 0.29) is 30.0 Å². The molecule has 3 aromatic carbocycles. The molecule has 3 aromatic rings. The molecule has 0 unspecified atom stereocenters. The van der Waals surface area contributed by atoms with Crippen molar-refractivity contribution in [3.05, 3.63) is 106 Å². The van der Waals surface area contributed by atoms with Gasteiger partial charge in [-0.3, -0.25) is 0 Å². The van der Waals surface area contributed by atoms with Crippen LogP contribution in [-0.2, 0) is 22.3 Å². The summed E-state index contributed by atoms with van der Waals surface area (Å²) in [4.78, 5) is 10.0. The molecular formula is C28H22N2O3. The molecule has 0 saturated carbocycles. The van der Waals surface area contributed by atoms with Crippen LogP contribution in [0, 0.1) is 0 Å². The van der Waals surface area contributed by atoms with Crippen molar-refractivity contribution in [2.75, 3.05) is 0 Å². The minimum absolute atomic E-state index is 0.00152. The van der Waals surface area contributed by atoms with Gasteiger partial charge in [0.15, 0.2) is 0 Å². The molecule has 0 amide bonds. The lowest BCUT2D eigenvalue weighted by Crippen LogP contribution is -2.20. The Morgan fingerprint density at radius 2 is 1.24 bits per heavy atom. The first-order valence-electron chi connectivity index (χ1n) is 11.4. The number of nitrogens with zero attached hydrogens (tertiary/aromatic N) is 2. The number of aromatic hydroxyl groups is 1. The zero-order valence-electron chi connectivity index (χ0n) is 17.9. The van der Waals surface area contributed by atoms with Gasteiger partial charge in [0.05, 0.1) is 5.57 Å². The molecule has 0 aromatic heterocycles. The summed E-state index contributed by atoms with van der Waals surface area (Å²) in [5, 5.41) is 9.70. The third-order valence-corrected chi connectivity index (χ3v) is 7.00. The van der Waals surface area contributed by atoms with Crippen LogP contribution in [0.4, 0.5) is 0 Å². The second-order valence-corrected chi connectivity index (χ2v) is 9.03. The van der Waals surface area contributed by atoms with Crippen LogP contribution in [-0.4, -0.2) is 29.1 Å². The van der Waals surface area contributed by atoms with Crippen LogP contribution in [0.15, 0.2) is 88.4 Å². The number of benzene rings is 3. The van der Waals surface area contributed by atoms with Crippen molar-refractivity contribution in [3.8, 4) is 5.75 Å². The van der Waals surface area contributed by atoms with E-state index in [2.05, 4.69) is 48.5 Å². The Morgan fingerprint density at radius 3 is 1.79 bits per heavy atom. The van der Waals surface area contributed by atoms with Crippen LogP contribution in [0.25, 0.3) is 6.08 Å². The van der Waals surface area contributed by atoms with Crippen LogP contribution in [0.1, 0.15) is 39.9 Å². The van der Waals surface area contributed by atoms with E-state index in [9.17, 15) is 5.11 Å². The van der Waals surface area contributed by atoms with E-state index in [1.165, 1.54) is 22.3 Å². The predicted molar refractivity (Wildman–Crippen MR) is 126 cm³/mol. The van der Waals surface area contributed by atoms with Crippen molar-refractivity contribution < 1.29 is 14.6 Å². The number of phenols is 1. The summed E-state index contributed by atoms with van der Waals surface area (Å²) in [5.74, 6) is 1.40. The van der Waals surface area contributed by atoms with Crippen molar-refractivity contribution in [1.29, 1.82) is 0 Å². The maximum atomic E-state index is 9.70. The highest BCUT2D eigenvalue weighted by atomic mass is 16.5. The predicted octanol–water partition coefficient (Wildman–Crippen LogP) is 4.97. The molecule has 5 heteroatoms. The summed E-state index contributed by atoms with van der Waals surface area (Å²) in [6.45, 7) is 0. The zero-order chi connectivity index (χ0) is 21.9. The summed E-state index contributed by atoms with van der Waals surface area (Å²) in [5.41, 5.74) is 6.78. The normalized spacial score (nSPS) is 25.7. The van der Waals surface area contributed by atoms with Gasteiger partial charge in [-0.1, -0.05) is 60.7 Å². The Hall–Kier alpha value is -3.86. The summed E-state index contributed by atoms with van der Waals surface area (Å²) in [6, 6.07) is 23.9. The second kappa shape index (κ2) is 7.07. The molecule has 0 fully saturated rings. The molecule has 7 rings (SSSR count). The van der Waals surface area contributed by atoms with Crippen LogP contribution in [0.2, 0.25) is 0 Å². The Kier molecular flexibility index (Phi) is 4.00. The van der Waals surface area contributed by atoms with Gasteiger partial charge in [-0.15, -0.1) is 0 Å². The van der Waals surface area contributed by atoms with E-state index in [0.29, 0.717) is 11.8 Å². The van der Waals surface area contributed by atoms with Gasteiger partial charge in [0.1, 0.15) is 30.0 Å². The maximum absolute atomic E-state index is 9.70. The number of ether oxygens (including phenoxy) is 2. The number of rotatable bonds is 3. The highest BCUT2D eigenvalue weighted by Gasteiger charge is 2.44. The van der Waals surface area contributed by atoms with Crippen LogP contribution in [0.3, 0.4) is 0 Å². The van der Waals surface area contributed by atoms with Gasteiger partial charge in [0.2, 0.25) is 11.8 Å². The van der Waals surface area contributed by atoms with Gasteiger partial charge in [-0.2, -0.15) is 0 Å². The smallest absolute Gasteiger partial charge is 0.222 e. The quantitative estimate of drug-likeness (QED) is 0.633. The molecule has 2 heterocycles. The molecular weight excluding hydrogens is 412 g/mol. The number of hydrogen-bond acceptors (Lipinski definition) is 5. The van der Waals surface area contributed by atoms with Crippen molar-refractivity contribution in [3.63, 3.8) is 0 Å². The molecule has 33 heavy (non-hydrogen) atoms. The monoisotopic (exact) mass is 434 g/mol. The number of aliphatic imine (C=N–C) groups is 2. The highest BCUT2D eigenvalue weighted by Crippen LogP contribution is 2.44. The lowest BCUT2D eigenvalue weighted by atomic mass is 10.1. The van der Waals surface area contributed by atoms with Gasteiger partial charge < -0.3 is 14.6 Å². The molecule has 0 bridgehead atoms. The summed E-state index contributed by atoms with van der Waals surface area (Å²) < 4.78 is 12.8. The Balaban J connectivity index is 1.30. The van der Waals surface area contributed by atoms with Gasteiger partial charge in [-0.25, -0.2) is 9.98 Å². The first kappa shape index (κ1) is 18.7. The average Bonchev–Trinajstić information content (AvgIpc) is 3.57. The largest absolute Gasteiger partial charge is 0.508 e. The molecule has 4 aliphatic rings. The third-order valence-electron chi connectivity index (χ3n) is 7.00. The van der Waals surface area contributed by atoms with E-state index in [4.69, 9.17) is 19.5 Å². The average molecular weight is 434 g/mol. The standard InChI is InChI=1S/C28H22N2O3/c31-19-11-9-16(10-12-19)13-22(27-29-25-20-7-3-1-5-17(20)14-23(25)32-27)28-30-26-21-8-4-2-6-18(21)15-24(26)33-28/h1-13,23-26,31H,14-15H2/t23-,24-,25+,26+/m0/s1. The minimum atomic E-state index is 0.00152. The maximum Gasteiger partial charge on any atom is 0.222 e. The molecule has 5 nitrogen and oxygen atoms in total. The van der Waals surface area contributed by atoms with Crippen LogP contribution >= 0.6 is 0 Å². The molecule has 1 N–H and O–H groups in total. The number of hydrogen-bond donors (Lipinski definition) is 1. The van der Waals surface area contributed by atoms with Gasteiger partial charge in [-0.05, 0) is 46.0 Å². The molecule has 2 aliphatic heterocycles. The van der Waals surface area contributed by atoms with Gasteiger partial charge in [0.25, 0.3) is 0 Å². The Bertz CT molecular complexity index is 1280. The van der Waals surface area contributed by atoms with Crippen LogP contribution in [0.5, 0.6) is 5.75 Å². The minimum Gasteiger partial charge on any atom is -0.508 e. The fourth-order valence-electron chi connectivity index (χ4n) is 5.41. The molecule has 0 radical (unpaired) electrons. The first-order valence-corrected chi connectivity index (χ1v) is 11.4. The van der Waals surface area contributed by atoms with Crippen molar-refractivity contribution in [1.82, 2.24) is 0 Å². The summed E-state index contributed by atoms with van der Waals surface area (Å²) in [6.07, 6.45) is 3.71. The van der Waals surface area contributed by atoms with E-state index < -0.39 is 0 Å². The Labute approximate surface area is 191 Å². The number of fused-ring (bicyclic) bond motifs is 6. The van der Waals surface area contributed by atoms with Crippen molar-refractivity contribution >= 4 is 17.9 Å². The lowest BCUT2D eigenvalue weighted by molar-refractivity contribution is 0.199. The molecule has 2 aliphatic carbocycles. The molecule has 0 saturated heterocycles. The highest BCUT2D eigenvalue weighted by molar-refractivity contribution is 6.22.